The first kappa shape index (κ1) is 13.0. The Kier molecular flexibility index (Phi) is 5.33. The van der Waals surface area contributed by atoms with Crippen molar-refractivity contribution < 1.29 is 9.53 Å². The lowest BCUT2D eigenvalue weighted by molar-refractivity contribution is -0.118. The van der Waals surface area contributed by atoms with Crippen molar-refractivity contribution in [3.05, 3.63) is 28.8 Å². The van der Waals surface area contributed by atoms with Crippen LogP contribution >= 0.6 is 11.6 Å². The Morgan fingerprint density at radius 3 is 2.81 bits per heavy atom. The Morgan fingerprint density at radius 1 is 1.44 bits per heavy atom. The van der Waals surface area contributed by atoms with Gasteiger partial charge in [-0.2, -0.15) is 0 Å². The molecule has 1 aromatic rings. The molecule has 0 aliphatic heterocycles. The van der Waals surface area contributed by atoms with Crippen LogP contribution in [0, 0.1) is 0 Å². The van der Waals surface area contributed by atoms with Gasteiger partial charge in [0.1, 0.15) is 11.5 Å². The van der Waals surface area contributed by atoms with Gasteiger partial charge in [-0.15, -0.1) is 0 Å². The van der Waals surface area contributed by atoms with Crippen LogP contribution in [-0.2, 0) is 11.2 Å². The fraction of sp³-hybridized carbons (Fsp3) is 0.462. The molecule has 0 radical (unpaired) electrons. The summed E-state index contributed by atoms with van der Waals surface area (Å²) in [4.78, 5) is 11.7. The molecule has 16 heavy (non-hydrogen) atoms. The van der Waals surface area contributed by atoms with Crippen molar-refractivity contribution >= 4 is 17.4 Å². The topological polar surface area (TPSA) is 26.3 Å². The summed E-state index contributed by atoms with van der Waals surface area (Å²) in [6.07, 6.45) is 3.02. The number of ketones is 1. The third-order valence-corrected chi connectivity index (χ3v) is 2.67. The third kappa shape index (κ3) is 3.86. The van der Waals surface area contributed by atoms with Gasteiger partial charge in [-0.25, -0.2) is 0 Å². The Morgan fingerprint density at radius 2 is 2.19 bits per heavy atom. The molecule has 0 aromatic heterocycles. The number of Topliss-reactive ketones (excluding diaryl/α,β-unsaturated/α-hetero) is 1. The third-order valence-electron chi connectivity index (χ3n) is 2.44. The quantitative estimate of drug-likeness (QED) is 0.759. The number of unbranched alkanes of at least 4 members (excludes halogenated alkanes) is 1. The molecule has 0 unspecified atom stereocenters. The summed E-state index contributed by atoms with van der Waals surface area (Å²) in [7, 11) is 1.60. The maximum absolute atomic E-state index is 11.7. The smallest absolute Gasteiger partial charge is 0.137 e. The van der Waals surface area contributed by atoms with Crippen molar-refractivity contribution in [3.8, 4) is 5.75 Å². The van der Waals surface area contributed by atoms with Crippen LogP contribution in [0.1, 0.15) is 31.7 Å². The zero-order valence-corrected chi connectivity index (χ0v) is 10.5. The zero-order valence-electron chi connectivity index (χ0n) is 9.75. The lowest BCUT2D eigenvalue weighted by atomic mass is 10.0. The van der Waals surface area contributed by atoms with E-state index in [0.29, 0.717) is 17.9 Å². The van der Waals surface area contributed by atoms with E-state index < -0.39 is 0 Å². The molecule has 0 bridgehead atoms. The number of halogens is 1. The molecule has 2 nitrogen and oxygen atoms in total. The van der Waals surface area contributed by atoms with E-state index in [0.717, 1.165) is 24.2 Å². The molecule has 0 saturated heterocycles. The molecule has 0 fully saturated rings. The van der Waals surface area contributed by atoms with Gasteiger partial charge in [0, 0.05) is 23.4 Å². The standard InChI is InChI=1S/C13H17ClO2/c1-3-4-5-12(15)9-10-8-11(14)6-7-13(10)16-2/h6-8H,3-5,9H2,1-2H3. The first-order valence-corrected chi connectivity index (χ1v) is 5.89. The van der Waals surface area contributed by atoms with Crippen molar-refractivity contribution in [3.63, 3.8) is 0 Å². The number of hydrogen-bond donors (Lipinski definition) is 0. The highest BCUT2D eigenvalue weighted by Gasteiger charge is 2.09. The summed E-state index contributed by atoms with van der Waals surface area (Å²) >= 11 is 5.89. The Labute approximate surface area is 102 Å². The number of rotatable bonds is 6. The predicted octanol–water partition coefficient (Wildman–Crippen LogP) is 3.65. The highest BCUT2D eigenvalue weighted by molar-refractivity contribution is 6.30. The van der Waals surface area contributed by atoms with Crippen molar-refractivity contribution in [1.82, 2.24) is 0 Å². The van der Waals surface area contributed by atoms with Crippen LogP contribution in [0.25, 0.3) is 0 Å². The second kappa shape index (κ2) is 6.54. The Hall–Kier alpha value is -1.02. The van der Waals surface area contributed by atoms with Gasteiger partial charge >= 0.3 is 0 Å². The highest BCUT2D eigenvalue weighted by atomic mass is 35.5. The lowest BCUT2D eigenvalue weighted by Gasteiger charge is -2.08. The van der Waals surface area contributed by atoms with Gasteiger partial charge in [0.05, 0.1) is 7.11 Å². The monoisotopic (exact) mass is 240 g/mol. The predicted molar refractivity (Wildman–Crippen MR) is 66.2 cm³/mol. The Bertz CT molecular complexity index is 361. The van der Waals surface area contributed by atoms with Crippen LogP contribution in [0.4, 0.5) is 0 Å². The molecule has 88 valence electrons. The summed E-state index contributed by atoms with van der Waals surface area (Å²) in [6.45, 7) is 2.08. The molecule has 0 atom stereocenters. The first-order valence-electron chi connectivity index (χ1n) is 5.51. The van der Waals surface area contributed by atoms with Crippen LogP contribution in [0.2, 0.25) is 5.02 Å². The Balaban J connectivity index is 2.71. The van der Waals surface area contributed by atoms with Crippen LogP contribution < -0.4 is 4.74 Å². The second-order valence-electron chi connectivity index (χ2n) is 3.78. The molecule has 0 N–H and O–H groups in total. The molecular weight excluding hydrogens is 224 g/mol. The number of ether oxygens (including phenoxy) is 1. The van der Waals surface area contributed by atoms with Crippen LogP contribution in [-0.4, -0.2) is 12.9 Å². The fourth-order valence-corrected chi connectivity index (χ4v) is 1.75. The van der Waals surface area contributed by atoms with Gasteiger partial charge in [-0.05, 0) is 24.6 Å². The maximum atomic E-state index is 11.7. The van der Waals surface area contributed by atoms with Crippen molar-refractivity contribution in [2.45, 2.75) is 32.6 Å². The summed E-state index contributed by atoms with van der Waals surface area (Å²) in [5.74, 6) is 0.969. The number of benzene rings is 1. The van der Waals surface area contributed by atoms with E-state index in [-0.39, 0.29) is 5.78 Å². The van der Waals surface area contributed by atoms with Gasteiger partial charge in [0.2, 0.25) is 0 Å². The normalized spacial score (nSPS) is 10.2. The molecular formula is C13H17ClO2. The molecule has 0 saturated carbocycles. The van der Waals surface area contributed by atoms with Crippen LogP contribution in [0.5, 0.6) is 5.75 Å². The average Bonchev–Trinajstić information content (AvgIpc) is 2.27. The molecule has 0 spiro atoms. The minimum Gasteiger partial charge on any atom is -0.496 e. The van der Waals surface area contributed by atoms with Crippen LogP contribution in [0.15, 0.2) is 18.2 Å². The summed E-state index contributed by atoms with van der Waals surface area (Å²) in [6, 6.07) is 5.36. The summed E-state index contributed by atoms with van der Waals surface area (Å²) in [5, 5.41) is 0.638. The second-order valence-corrected chi connectivity index (χ2v) is 4.21. The van der Waals surface area contributed by atoms with Crippen LogP contribution in [0.3, 0.4) is 0 Å². The molecule has 0 aliphatic carbocycles. The minimum atomic E-state index is 0.238. The molecule has 0 aliphatic rings. The van der Waals surface area contributed by atoms with E-state index in [4.69, 9.17) is 16.3 Å². The van der Waals surface area contributed by atoms with Gasteiger partial charge in [-0.1, -0.05) is 24.9 Å². The van der Waals surface area contributed by atoms with Crippen molar-refractivity contribution in [1.29, 1.82) is 0 Å². The number of methoxy groups -OCH3 is 1. The zero-order chi connectivity index (χ0) is 12.0. The molecule has 1 rings (SSSR count). The van der Waals surface area contributed by atoms with E-state index >= 15 is 0 Å². The largest absolute Gasteiger partial charge is 0.496 e. The van der Waals surface area contributed by atoms with Gasteiger partial charge in [0.25, 0.3) is 0 Å². The van der Waals surface area contributed by atoms with Crippen molar-refractivity contribution in [2.24, 2.45) is 0 Å². The fourth-order valence-electron chi connectivity index (χ4n) is 1.56. The average molecular weight is 241 g/mol. The van der Waals surface area contributed by atoms with Crippen molar-refractivity contribution in [2.75, 3.05) is 7.11 Å². The number of carbonyl (C=O) groups is 1. The first-order chi connectivity index (χ1) is 7.67. The van der Waals surface area contributed by atoms with E-state index in [1.807, 2.05) is 0 Å². The minimum absolute atomic E-state index is 0.238. The highest BCUT2D eigenvalue weighted by Crippen LogP contribution is 2.23. The number of hydrogen-bond acceptors (Lipinski definition) is 2. The molecule has 0 amide bonds. The summed E-state index contributed by atoms with van der Waals surface area (Å²) in [5.41, 5.74) is 0.871. The van der Waals surface area contributed by atoms with Gasteiger partial charge in [0.15, 0.2) is 0 Å². The van der Waals surface area contributed by atoms with E-state index in [2.05, 4.69) is 6.92 Å². The molecule has 0 heterocycles. The number of carbonyl (C=O) groups excluding carboxylic acids is 1. The van der Waals surface area contributed by atoms with Gasteiger partial charge < -0.3 is 4.74 Å². The molecule has 3 heteroatoms. The summed E-state index contributed by atoms with van der Waals surface area (Å²) < 4.78 is 5.19. The van der Waals surface area contributed by atoms with E-state index in [1.165, 1.54) is 0 Å². The SMILES string of the molecule is CCCCC(=O)Cc1cc(Cl)ccc1OC. The van der Waals surface area contributed by atoms with Gasteiger partial charge in [-0.3, -0.25) is 4.79 Å². The van der Waals surface area contributed by atoms with E-state index in [1.54, 1.807) is 25.3 Å². The maximum Gasteiger partial charge on any atom is 0.137 e. The lowest BCUT2D eigenvalue weighted by Crippen LogP contribution is -2.04. The molecule has 1 aromatic carbocycles. The van der Waals surface area contributed by atoms with E-state index in [9.17, 15) is 4.79 Å².